The van der Waals surface area contributed by atoms with Crippen LogP contribution in [-0.2, 0) is 4.79 Å². The average molecular weight is 239 g/mol. The molecule has 0 spiro atoms. The summed E-state index contributed by atoms with van der Waals surface area (Å²) >= 11 is 0. The first-order valence-electron chi connectivity index (χ1n) is 4.80. The molecule has 1 atom stereocenters. The molecule has 6 heteroatoms. The number of hydrogen-bond acceptors (Lipinski definition) is 4. The summed E-state index contributed by atoms with van der Waals surface area (Å²) in [6.07, 6.45) is -0.219. The van der Waals surface area contributed by atoms with E-state index >= 15 is 0 Å². The zero-order valence-corrected chi connectivity index (χ0v) is 8.90. The minimum atomic E-state index is -1.38. The molecule has 2 rings (SSSR count). The van der Waals surface area contributed by atoms with E-state index in [-0.39, 0.29) is 16.9 Å². The molecule has 0 fully saturated rings. The van der Waals surface area contributed by atoms with Crippen LogP contribution in [0.4, 0.5) is 10.1 Å². The zero-order chi connectivity index (χ0) is 12.6. The molecule has 0 saturated heterocycles. The maximum Gasteiger partial charge on any atom is 0.336 e. The van der Waals surface area contributed by atoms with Crippen LogP contribution < -0.4 is 10.1 Å². The van der Waals surface area contributed by atoms with Crippen molar-refractivity contribution in [2.45, 2.75) is 6.10 Å². The summed E-state index contributed by atoms with van der Waals surface area (Å²) in [5.41, 5.74) is 0.262. The Balaban J connectivity index is 2.54. The summed E-state index contributed by atoms with van der Waals surface area (Å²) in [6.45, 7) is 0. The molecule has 1 heterocycles. The lowest BCUT2D eigenvalue weighted by Gasteiger charge is -2.23. The predicted octanol–water partition coefficient (Wildman–Crippen LogP) is 1.26. The third kappa shape index (κ3) is 1.83. The number of ether oxygens (including phenoxy) is 1. The highest BCUT2D eigenvalue weighted by atomic mass is 19.1. The third-order valence-corrected chi connectivity index (χ3v) is 2.53. The summed E-state index contributed by atoms with van der Waals surface area (Å²) in [5, 5.41) is 21.3. The van der Waals surface area contributed by atoms with Gasteiger partial charge in [-0.1, -0.05) is 0 Å². The van der Waals surface area contributed by atoms with Gasteiger partial charge in [0, 0.05) is 17.8 Å². The third-order valence-electron chi connectivity index (χ3n) is 2.53. The summed E-state index contributed by atoms with van der Waals surface area (Å²) in [5.74, 6) is -1.66. The number of carbonyl (C=O) groups is 1. The second-order valence-corrected chi connectivity index (χ2v) is 3.52. The summed E-state index contributed by atoms with van der Waals surface area (Å²) in [7, 11) is 1.36. The lowest BCUT2D eigenvalue weighted by Crippen LogP contribution is -2.18. The highest BCUT2D eigenvalue weighted by Crippen LogP contribution is 2.39. The number of nitrogens with one attached hydrogen (secondary N) is 1. The van der Waals surface area contributed by atoms with Gasteiger partial charge in [0.25, 0.3) is 0 Å². The molecule has 0 bridgehead atoms. The smallest absolute Gasteiger partial charge is 0.336 e. The van der Waals surface area contributed by atoms with Crippen molar-refractivity contribution < 1.29 is 24.1 Å². The number of carboxylic acids is 1. The van der Waals surface area contributed by atoms with E-state index in [0.717, 1.165) is 18.3 Å². The van der Waals surface area contributed by atoms with Gasteiger partial charge in [0.15, 0.2) is 0 Å². The first kappa shape index (κ1) is 11.4. The second-order valence-electron chi connectivity index (χ2n) is 3.52. The van der Waals surface area contributed by atoms with Gasteiger partial charge in [-0.3, -0.25) is 0 Å². The molecule has 1 unspecified atom stereocenters. The molecule has 1 aliphatic rings. The van der Waals surface area contributed by atoms with Crippen LogP contribution >= 0.6 is 0 Å². The first-order chi connectivity index (χ1) is 8.04. The van der Waals surface area contributed by atoms with Crippen molar-refractivity contribution >= 4 is 11.7 Å². The molecule has 3 N–H and O–H groups in total. The summed E-state index contributed by atoms with van der Waals surface area (Å²) in [6, 6.07) is 2.23. The Labute approximate surface area is 96.1 Å². The number of rotatable bonds is 2. The monoisotopic (exact) mass is 239 g/mol. The fraction of sp³-hybridized carbons (Fsp3) is 0.182. The van der Waals surface area contributed by atoms with Crippen LogP contribution in [0.3, 0.4) is 0 Å². The van der Waals surface area contributed by atoms with E-state index in [1.807, 2.05) is 0 Å². The highest BCUT2D eigenvalue weighted by molar-refractivity contribution is 5.90. The molecular weight excluding hydrogens is 229 g/mol. The van der Waals surface area contributed by atoms with Gasteiger partial charge in [0.1, 0.15) is 17.7 Å². The minimum Gasteiger partial charge on any atom is -0.494 e. The van der Waals surface area contributed by atoms with Crippen molar-refractivity contribution in [1.29, 1.82) is 0 Å². The van der Waals surface area contributed by atoms with Crippen LogP contribution in [0.2, 0.25) is 0 Å². The Kier molecular flexibility index (Phi) is 2.72. The van der Waals surface area contributed by atoms with Gasteiger partial charge in [-0.15, -0.1) is 0 Å². The van der Waals surface area contributed by atoms with E-state index in [9.17, 15) is 14.3 Å². The normalized spacial score (nSPS) is 17.8. The maximum absolute atomic E-state index is 13.3. The molecule has 1 aliphatic heterocycles. The lowest BCUT2D eigenvalue weighted by atomic mass is 9.97. The molecule has 0 amide bonds. The standard InChI is InChI=1S/C11H10FNO4/c1-17-8-3-5(12)2-6-9(8)13-4-7(10(6)14)11(15)16/h2-4,10,13-14H,1H3,(H,15,16). The van der Waals surface area contributed by atoms with Crippen LogP contribution in [0.15, 0.2) is 23.9 Å². The number of halogens is 1. The number of aliphatic carboxylic acids is 1. The van der Waals surface area contributed by atoms with E-state index in [0.29, 0.717) is 5.69 Å². The van der Waals surface area contributed by atoms with Crippen molar-refractivity contribution in [3.05, 3.63) is 35.3 Å². The number of aliphatic hydroxyl groups excluding tert-OH is 1. The Hall–Kier alpha value is -2.08. The Morgan fingerprint density at radius 2 is 2.24 bits per heavy atom. The quantitative estimate of drug-likeness (QED) is 0.724. The number of methoxy groups -OCH3 is 1. The molecule has 0 saturated carbocycles. The molecule has 0 radical (unpaired) electrons. The molecule has 1 aromatic rings. The largest absolute Gasteiger partial charge is 0.494 e. The topological polar surface area (TPSA) is 78.8 Å². The molecule has 5 nitrogen and oxygen atoms in total. The van der Waals surface area contributed by atoms with Crippen molar-refractivity contribution in [3.8, 4) is 5.75 Å². The number of carboxylic acid groups (broad SMARTS) is 1. The van der Waals surface area contributed by atoms with Crippen LogP contribution in [-0.4, -0.2) is 23.3 Å². The van der Waals surface area contributed by atoms with Gasteiger partial charge in [-0.2, -0.15) is 0 Å². The Morgan fingerprint density at radius 1 is 1.53 bits per heavy atom. The van der Waals surface area contributed by atoms with E-state index in [1.54, 1.807) is 0 Å². The van der Waals surface area contributed by atoms with Crippen LogP contribution in [0, 0.1) is 5.82 Å². The number of aliphatic hydroxyl groups is 1. The SMILES string of the molecule is COc1cc(F)cc2c1NC=C(C(=O)O)C2O. The number of benzene rings is 1. The Morgan fingerprint density at radius 3 is 2.82 bits per heavy atom. The molecular formula is C11H10FNO4. The fourth-order valence-electron chi connectivity index (χ4n) is 1.71. The predicted molar refractivity (Wildman–Crippen MR) is 57.3 cm³/mol. The highest BCUT2D eigenvalue weighted by Gasteiger charge is 2.28. The number of anilines is 1. The maximum atomic E-state index is 13.3. The average Bonchev–Trinajstić information content (AvgIpc) is 2.28. The van der Waals surface area contributed by atoms with E-state index < -0.39 is 17.9 Å². The van der Waals surface area contributed by atoms with Crippen LogP contribution in [0.1, 0.15) is 11.7 Å². The first-order valence-corrected chi connectivity index (χ1v) is 4.80. The summed E-state index contributed by atoms with van der Waals surface area (Å²) in [4.78, 5) is 10.8. The number of hydrogen-bond donors (Lipinski definition) is 3. The van der Waals surface area contributed by atoms with E-state index in [4.69, 9.17) is 9.84 Å². The minimum absolute atomic E-state index is 0.141. The van der Waals surface area contributed by atoms with Gasteiger partial charge >= 0.3 is 5.97 Å². The van der Waals surface area contributed by atoms with Crippen molar-refractivity contribution in [2.24, 2.45) is 0 Å². The van der Waals surface area contributed by atoms with Crippen molar-refractivity contribution in [1.82, 2.24) is 0 Å². The molecule has 0 aromatic heterocycles. The molecule has 1 aromatic carbocycles. The zero-order valence-electron chi connectivity index (χ0n) is 8.90. The van der Waals surface area contributed by atoms with Gasteiger partial charge < -0.3 is 20.3 Å². The molecule has 90 valence electrons. The van der Waals surface area contributed by atoms with Gasteiger partial charge in [0.05, 0.1) is 18.4 Å². The Bertz CT molecular complexity index is 512. The number of fused-ring (bicyclic) bond motifs is 1. The van der Waals surface area contributed by atoms with Gasteiger partial charge in [-0.05, 0) is 6.07 Å². The van der Waals surface area contributed by atoms with Gasteiger partial charge in [-0.25, -0.2) is 9.18 Å². The molecule has 0 aliphatic carbocycles. The second kappa shape index (κ2) is 4.06. The summed E-state index contributed by atoms with van der Waals surface area (Å²) < 4.78 is 18.2. The lowest BCUT2D eigenvalue weighted by molar-refractivity contribution is -0.133. The van der Waals surface area contributed by atoms with Crippen molar-refractivity contribution in [3.63, 3.8) is 0 Å². The molecule has 17 heavy (non-hydrogen) atoms. The van der Waals surface area contributed by atoms with Crippen LogP contribution in [0.25, 0.3) is 0 Å². The van der Waals surface area contributed by atoms with Crippen LogP contribution in [0.5, 0.6) is 5.75 Å². The van der Waals surface area contributed by atoms with E-state index in [1.165, 1.54) is 7.11 Å². The van der Waals surface area contributed by atoms with Crippen molar-refractivity contribution in [2.75, 3.05) is 12.4 Å². The van der Waals surface area contributed by atoms with E-state index in [2.05, 4.69) is 5.32 Å². The fourth-order valence-corrected chi connectivity index (χ4v) is 1.71. The van der Waals surface area contributed by atoms with Gasteiger partial charge in [0.2, 0.25) is 0 Å².